The van der Waals surface area contributed by atoms with Gasteiger partial charge in [0.1, 0.15) is 0 Å². The van der Waals surface area contributed by atoms with Gasteiger partial charge >= 0.3 is 0 Å². The van der Waals surface area contributed by atoms with Gasteiger partial charge in [-0.1, -0.05) is 42.5 Å². The van der Waals surface area contributed by atoms with E-state index in [0.717, 1.165) is 30.8 Å². The van der Waals surface area contributed by atoms with Crippen molar-refractivity contribution in [2.45, 2.75) is 25.7 Å². The van der Waals surface area contributed by atoms with Crippen LogP contribution in [0.1, 0.15) is 36.0 Å². The highest BCUT2D eigenvalue weighted by Crippen LogP contribution is 2.19. The summed E-state index contributed by atoms with van der Waals surface area (Å²) in [5.74, 6) is -0.444. The van der Waals surface area contributed by atoms with E-state index in [9.17, 15) is 9.59 Å². The van der Waals surface area contributed by atoms with E-state index in [2.05, 4.69) is 10.9 Å². The molecule has 1 fully saturated rings. The Kier molecular flexibility index (Phi) is 6.39. The van der Waals surface area contributed by atoms with Crippen LogP contribution in [0.5, 0.6) is 0 Å². The fraction of sp³-hybridized carbons (Fsp3) is 0.333. The molecule has 2 amide bonds. The number of carbonyl (C=O) groups excluding carboxylic acids is 2. The standard InChI is InChI=1S/C21H25N3O2/c25-20(13-16-24-14-5-2-6-15-24)22-23-21(26)19-11-9-18(10-12-19)17-7-3-1-4-8-17/h1,3-4,7-12H,2,5-6,13-16H2,(H,22,25)(H,23,26)/p+1. The number of amides is 2. The molecule has 1 saturated heterocycles. The first-order valence-electron chi connectivity index (χ1n) is 9.30. The third-order valence-electron chi connectivity index (χ3n) is 4.84. The number of hydrogen-bond donors (Lipinski definition) is 3. The normalized spacial score (nSPS) is 14.6. The number of carbonyl (C=O) groups is 2. The number of rotatable bonds is 5. The molecular weight excluding hydrogens is 326 g/mol. The van der Waals surface area contributed by atoms with E-state index in [0.29, 0.717) is 12.0 Å². The summed E-state index contributed by atoms with van der Waals surface area (Å²) in [6.45, 7) is 3.12. The molecule has 2 aromatic rings. The lowest BCUT2D eigenvalue weighted by Crippen LogP contribution is -3.12. The Labute approximate surface area is 154 Å². The first-order valence-corrected chi connectivity index (χ1v) is 9.30. The molecule has 136 valence electrons. The molecule has 0 atom stereocenters. The SMILES string of the molecule is O=C(CC[NH+]1CCCCC1)NNC(=O)c1ccc(-c2ccccc2)cc1. The molecule has 1 aliphatic heterocycles. The highest BCUT2D eigenvalue weighted by molar-refractivity contribution is 5.95. The van der Waals surface area contributed by atoms with Crippen LogP contribution in [0.4, 0.5) is 0 Å². The smallest absolute Gasteiger partial charge is 0.269 e. The number of piperidine rings is 1. The van der Waals surface area contributed by atoms with Crippen LogP contribution in [0, 0.1) is 0 Å². The molecule has 1 heterocycles. The number of hydrazine groups is 1. The zero-order valence-electron chi connectivity index (χ0n) is 15.0. The average molecular weight is 352 g/mol. The van der Waals surface area contributed by atoms with Crippen molar-refractivity contribution in [1.82, 2.24) is 10.9 Å². The van der Waals surface area contributed by atoms with Crippen molar-refractivity contribution in [3.63, 3.8) is 0 Å². The van der Waals surface area contributed by atoms with Crippen LogP contribution < -0.4 is 15.8 Å². The van der Waals surface area contributed by atoms with Gasteiger partial charge in [0.05, 0.1) is 26.1 Å². The van der Waals surface area contributed by atoms with Gasteiger partial charge in [-0.25, -0.2) is 0 Å². The summed E-state index contributed by atoms with van der Waals surface area (Å²) in [5.41, 5.74) is 7.69. The summed E-state index contributed by atoms with van der Waals surface area (Å²) in [7, 11) is 0. The Hall–Kier alpha value is -2.66. The van der Waals surface area contributed by atoms with Gasteiger partial charge in [-0.2, -0.15) is 0 Å². The Morgan fingerprint density at radius 2 is 1.46 bits per heavy atom. The Morgan fingerprint density at radius 1 is 0.808 bits per heavy atom. The lowest BCUT2D eigenvalue weighted by molar-refractivity contribution is -0.904. The van der Waals surface area contributed by atoms with E-state index in [-0.39, 0.29) is 11.8 Å². The quantitative estimate of drug-likeness (QED) is 0.716. The van der Waals surface area contributed by atoms with Gasteiger partial charge in [0.15, 0.2) is 0 Å². The van der Waals surface area contributed by atoms with Crippen LogP contribution in [-0.4, -0.2) is 31.4 Å². The number of benzene rings is 2. The molecule has 26 heavy (non-hydrogen) atoms. The Balaban J connectivity index is 1.45. The topological polar surface area (TPSA) is 62.6 Å². The van der Waals surface area contributed by atoms with Crippen molar-refractivity contribution in [2.24, 2.45) is 0 Å². The molecule has 0 saturated carbocycles. The molecule has 0 spiro atoms. The minimum atomic E-state index is -0.303. The Bertz CT molecular complexity index is 723. The summed E-state index contributed by atoms with van der Waals surface area (Å²) in [5, 5.41) is 0. The van der Waals surface area contributed by atoms with E-state index in [1.54, 1.807) is 12.1 Å². The van der Waals surface area contributed by atoms with Crippen LogP contribution >= 0.6 is 0 Å². The van der Waals surface area contributed by atoms with Crippen LogP contribution in [0.25, 0.3) is 11.1 Å². The second-order valence-electron chi connectivity index (χ2n) is 6.76. The zero-order valence-corrected chi connectivity index (χ0v) is 15.0. The van der Waals surface area contributed by atoms with Crippen molar-refractivity contribution < 1.29 is 14.5 Å². The summed E-state index contributed by atoms with van der Waals surface area (Å²) in [4.78, 5) is 25.6. The number of quaternary nitrogens is 1. The number of hydrogen-bond acceptors (Lipinski definition) is 2. The fourth-order valence-corrected chi connectivity index (χ4v) is 3.30. The third-order valence-corrected chi connectivity index (χ3v) is 4.84. The molecule has 1 aliphatic rings. The van der Waals surface area contributed by atoms with Gasteiger partial charge < -0.3 is 4.90 Å². The van der Waals surface area contributed by atoms with E-state index in [4.69, 9.17) is 0 Å². The minimum absolute atomic E-state index is 0.141. The second-order valence-corrected chi connectivity index (χ2v) is 6.76. The summed E-state index contributed by atoms with van der Waals surface area (Å²) in [6.07, 6.45) is 4.22. The minimum Gasteiger partial charge on any atom is -0.335 e. The molecule has 3 N–H and O–H groups in total. The van der Waals surface area contributed by atoms with Crippen molar-refractivity contribution in [3.05, 3.63) is 60.2 Å². The average Bonchev–Trinajstić information content (AvgIpc) is 2.72. The van der Waals surface area contributed by atoms with Crippen LogP contribution in [0.3, 0.4) is 0 Å². The maximum absolute atomic E-state index is 12.2. The molecule has 0 radical (unpaired) electrons. The lowest BCUT2D eigenvalue weighted by atomic mass is 10.0. The number of nitrogens with one attached hydrogen (secondary N) is 3. The zero-order chi connectivity index (χ0) is 18.2. The maximum Gasteiger partial charge on any atom is 0.269 e. The molecule has 2 aromatic carbocycles. The van der Waals surface area contributed by atoms with Crippen molar-refractivity contribution in [2.75, 3.05) is 19.6 Å². The van der Waals surface area contributed by atoms with Crippen LogP contribution in [0.15, 0.2) is 54.6 Å². The monoisotopic (exact) mass is 352 g/mol. The first kappa shape index (κ1) is 18.1. The first-order chi connectivity index (χ1) is 12.7. The van der Waals surface area contributed by atoms with Gasteiger partial charge in [0.2, 0.25) is 5.91 Å². The second kappa shape index (κ2) is 9.15. The van der Waals surface area contributed by atoms with Gasteiger partial charge in [-0.05, 0) is 42.5 Å². The van der Waals surface area contributed by atoms with Crippen LogP contribution in [-0.2, 0) is 4.79 Å². The maximum atomic E-state index is 12.2. The fourth-order valence-electron chi connectivity index (χ4n) is 3.30. The number of likely N-dealkylation sites (tertiary alicyclic amines) is 1. The van der Waals surface area contributed by atoms with Gasteiger partial charge in [-0.3, -0.25) is 20.4 Å². The Morgan fingerprint density at radius 3 is 2.15 bits per heavy atom. The molecular formula is C21H26N3O2+. The van der Waals surface area contributed by atoms with Crippen LogP contribution in [0.2, 0.25) is 0 Å². The largest absolute Gasteiger partial charge is 0.335 e. The molecule has 0 aliphatic carbocycles. The predicted octanol–water partition coefficient (Wildman–Crippen LogP) is 1.57. The highest BCUT2D eigenvalue weighted by atomic mass is 16.2. The summed E-state index contributed by atoms with van der Waals surface area (Å²) in [6, 6.07) is 17.3. The predicted molar refractivity (Wildman–Crippen MR) is 102 cm³/mol. The highest BCUT2D eigenvalue weighted by Gasteiger charge is 2.15. The molecule has 5 nitrogen and oxygen atoms in total. The van der Waals surface area contributed by atoms with Crippen molar-refractivity contribution in [1.29, 1.82) is 0 Å². The van der Waals surface area contributed by atoms with Crippen molar-refractivity contribution >= 4 is 11.8 Å². The molecule has 0 aromatic heterocycles. The van der Waals surface area contributed by atoms with Gasteiger partial charge in [0.25, 0.3) is 5.91 Å². The summed E-state index contributed by atoms with van der Waals surface area (Å²) >= 11 is 0. The van der Waals surface area contributed by atoms with E-state index in [1.165, 1.54) is 24.2 Å². The molecule has 0 bridgehead atoms. The molecule has 3 rings (SSSR count). The van der Waals surface area contributed by atoms with E-state index < -0.39 is 0 Å². The molecule has 5 heteroatoms. The summed E-state index contributed by atoms with van der Waals surface area (Å²) < 4.78 is 0. The van der Waals surface area contributed by atoms with Gasteiger partial charge in [-0.15, -0.1) is 0 Å². The van der Waals surface area contributed by atoms with E-state index in [1.807, 2.05) is 42.5 Å². The lowest BCUT2D eigenvalue weighted by Gasteiger charge is -2.23. The van der Waals surface area contributed by atoms with E-state index >= 15 is 0 Å². The molecule has 0 unspecified atom stereocenters. The van der Waals surface area contributed by atoms with Gasteiger partial charge in [0, 0.05) is 5.56 Å². The third kappa shape index (κ3) is 5.17. The van der Waals surface area contributed by atoms with Crippen molar-refractivity contribution in [3.8, 4) is 11.1 Å².